The van der Waals surface area contributed by atoms with Crippen molar-refractivity contribution >= 4 is 21.2 Å². The maximum Gasteiger partial charge on any atom is 0.147 e. The van der Waals surface area contributed by atoms with Gasteiger partial charge < -0.3 is 10.1 Å². The molecule has 1 aromatic rings. The van der Waals surface area contributed by atoms with Gasteiger partial charge in [0.2, 0.25) is 0 Å². The second-order valence-corrected chi connectivity index (χ2v) is 7.49. The lowest BCUT2D eigenvalue weighted by Gasteiger charge is -2.18. The number of sulfone groups is 1. The molecule has 1 atom stereocenters. The molecule has 1 rings (SSSR count). The van der Waals surface area contributed by atoms with Crippen LogP contribution in [0.25, 0.3) is 0 Å². The molecule has 0 radical (unpaired) electrons. The Morgan fingerprint density at radius 1 is 1.50 bits per heavy atom. The van der Waals surface area contributed by atoms with E-state index in [2.05, 4.69) is 12.2 Å². The van der Waals surface area contributed by atoms with Crippen LogP contribution in [0.1, 0.15) is 30.7 Å². The summed E-state index contributed by atoms with van der Waals surface area (Å²) in [6.07, 6.45) is 2.87. The van der Waals surface area contributed by atoms with Crippen LogP contribution in [0.3, 0.4) is 0 Å². The van der Waals surface area contributed by atoms with E-state index in [-0.39, 0.29) is 11.8 Å². The smallest absolute Gasteiger partial charge is 0.147 e. The number of thiophene rings is 1. The van der Waals surface area contributed by atoms with E-state index in [9.17, 15) is 8.42 Å². The van der Waals surface area contributed by atoms with Gasteiger partial charge in [-0.15, -0.1) is 11.3 Å². The summed E-state index contributed by atoms with van der Waals surface area (Å²) < 4.78 is 27.9. The second kappa shape index (κ2) is 7.11. The van der Waals surface area contributed by atoms with Gasteiger partial charge in [0.25, 0.3) is 0 Å². The fourth-order valence-electron chi connectivity index (χ4n) is 1.71. The van der Waals surface area contributed by atoms with Crippen LogP contribution in [0.5, 0.6) is 5.75 Å². The molecular weight excluding hydrogens is 270 g/mol. The molecule has 0 bridgehead atoms. The molecule has 104 valence electrons. The SMILES string of the molecule is CCCNC(CCS(C)(=O)=O)c1sccc1OC. The summed E-state index contributed by atoms with van der Waals surface area (Å²) >= 11 is 1.60. The number of nitrogens with one attached hydrogen (secondary N) is 1. The first-order chi connectivity index (χ1) is 8.48. The summed E-state index contributed by atoms with van der Waals surface area (Å²) in [5, 5.41) is 5.35. The van der Waals surface area contributed by atoms with Gasteiger partial charge in [-0.25, -0.2) is 8.42 Å². The maximum absolute atomic E-state index is 11.3. The summed E-state index contributed by atoms with van der Waals surface area (Å²) in [6.45, 7) is 2.96. The lowest BCUT2D eigenvalue weighted by Crippen LogP contribution is -2.24. The van der Waals surface area contributed by atoms with Crippen molar-refractivity contribution < 1.29 is 13.2 Å². The van der Waals surface area contributed by atoms with Crippen molar-refractivity contribution in [1.29, 1.82) is 0 Å². The Hall–Kier alpha value is -0.590. The molecule has 4 nitrogen and oxygen atoms in total. The molecule has 1 N–H and O–H groups in total. The largest absolute Gasteiger partial charge is 0.496 e. The first-order valence-electron chi connectivity index (χ1n) is 6.00. The Morgan fingerprint density at radius 2 is 2.22 bits per heavy atom. The summed E-state index contributed by atoms with van der Waals surface area (Å²) in [5.74, 6) is 1.03. The van der Waals surface area contributed by atoms with Crippen LogP contribution in [-0.4, -0.2) is 34.1 Å². The minimum absolute atomic E-state index is 0.0506. The van der Waals surface area contributed by atoms with E-state index in [0.29, 0.717) is 6.42 Å². The predicted octanol–water partition coefficient (Wildman–Crippen LogP) is 2.23. The van der Waals surface area contributed by atoms with Gasteiger partial charge in [0, 0.05) is 12.3 Å². The van der Waals surface area contributed by atoms with Crippen LogP contribution in [0.15, 0.2) is 11.4 Å². The zero-order valence-electron chi connectivity index (χ0n) is 11.1. The van der Waals surface area contributed by atoms with E-state index >= 15 is 0 Å². The van der Waals surface area contributed by atoms with E-state index in [1.54, 1.807) is 18.4 Å². The molecule has 1 unspecified atom stereocenters. The van der Waals surface area contributed by atoms with Crippen LogP contribution in [0.2, 0.25) is 0 Å². The van der Waals surface area contributed by atoms with Crippen molar-refractivity contribution in [1.82, 2.24) is 5.32 Å². The van der Waals surface area contributed by atoms with Crippen molar-refractivity contribution in [2.45, 2.75) is 25.8 Å². The molecule has 0 amide bonds. The summed E-state index contributed by atoms with van der Waals surface area (Å²) in [4.78, 5) is 1.08. The highest BCUT2D eigenvalue weighted by Gasteiger charge is 2.18. The highest BCUT2D eigenvalue weighted by Crippen LogP contribution is 2.32. The van der Waals surface area contributed by atoms with Gasteiger partial charge in [-0.2, -0.15) is 0 Å². The molecule has 0 aliphatic heterocycles. The Kier molecular flexibility index (Phi) is 6.11. The van der Waals surface area contributed by atoms with Crippen molar-refractivity contribution in [3.8, 4) is 5.75 Å². The highest BCUT2D eigenvalue weighted by atomic mass is 32.2. The first-order valence-corrected chi connectivity index (χ1v) is 8.94. The minimum Gasteiger partial charge on any atom is -0.496 e. The Labute approximate surface area is 113 Å². The summed E-state index contributed by atoms with van der Waals surface area (Å²) in [6, 6.07) is 1.97. The molecule has 0 saturated carbocycles. The van der Waals surface area contributed by atoms with Gasteiger partial charge in [-0.05, 0) is 30.8 Å². The molecule has 0 aromatic carbocycles. The molecule has 0 spiro atoms. The van der Waals surface area contributed by atoms with Gasteiger partial charge in [-0.3, -0.25) is 0 Å². The molecule has 0 fully saturated rings. The fraction of sp³-hybridized carbons (Fsp3) is 0.667. The van der Waals surface area contributed by atoms with Crippen molar-refractivity contribution in [3.63, 3.8) is 0 Å². The van der Waals surface area contributed by atoms with E-state index in [4.69, 9.17) is 4.74 Å². The van der Waals surface area contributed by atoms with Crippen LogP contribution in [-0.2, 0) is 9.84 Å². The van der Waals surface area contributed by atoms with E-state index in [0.717, 1.165) is 23.6 Å². The Morgan fingerprint density at radius 3 is 2.78 bits per heavy atom. The predicted molar refractivity (Wildman–Crippen MR) is 76.2 cm³/mol. The van der Waals surface area contributed by atoms with Crippen molar-refractivity contribution in [2.75, 3.05) is 25.7 Å². The monoisotopic (exact) mass is 291 g/mol. The third-order valence-electron chi connectivity index (χ3n) is 2.61. The molecule has 0 aliphatic carbocycles. The van der Waals surface area contributed by atoms with Crippen LogP contribution in [0.4, 0.5) is 0 Å². The standard InChI is InChI=1S/C12H21NO3S2/c1-4-7-13-10(6-9-18(3,14)15)12-11(16-2)5-8-17-12/h5,8,10,13H,4,6-7,9H2,1-3H3. The van der Waals surface area contributed by atoms with Gasteiger partial charge in [0.1, 0.15) is 15.6 Å². The third-order valence-corrected chi connectivity index (χ3v) is 4.60. The average Bonchev–Trinajstić information content (AvgIpc) is 2.76. The second-order valence-electron chi connectivity index (χ2n) is 4.28. The zero-order valence-corrected chi connectivity index (χ0v) is 12.7. The molecule has 1 heterocycles. The highest BCUT2D eigenvalue weighted by molar-refractivity contribution is 7.90. The van der Waals surface area contributed by atoms with Crippen molar-refractivity contribution in [2.24, 2.45) is 0 Å². The van der Waals surface area contributed by atoms with Crippen LogP contribution >= 0.6 is 11.3 Å². The topological polar surface area (TPSA) is 55.4 Å². The average molecular weight is 291 g/mol. The number of methoxy groups -OCH3 is 1. The Balaban J connectivity index is 2.77. The molecule has 1 aromatic heterocycles. The van der Waals surface area contributed by atoms with Gasteiger partial charge in [0.15, 0.2) is 0 Å². The molecular formula is C12H21NO3S2. The lowest BCUT2D eigenvalue weighted by molar-refractivity contribution is 0.401. The quantitative estimate of drug-likeness (QED) is 0.798. The van der Waals surface area contributed by atoms with E-state index in [1.165, 1.54) is 6.26 Å². The van der Waals surface area contributed by atoms with E-state index in [1.807, 2.05) is 11.4 Å². The maximum atomic E-state index is 11.3. The molecule has 0 saturated heterocycles. The van der Waals surface area contributed by atoms with Gasteiger partial charge in [0.05, 0.1) is 17.7 Å². The normalized spacial score (nSPS) is 13.5. The number of hydrogen-bond donors (Lipinski definition) is 1. The molecule has 6 heteroatoms. The zero-order chi connectivity index (χ0) is 13.6. The summed E-state index contributed by atoms with van der Waals surface area (Å²) in [5.41, 5.74) is 0. The fourth-order valence-corrected chi connectivity index (χ4v) is 3.34. The van der Waals surface area contributed by atoms with Crippen molar-refractivity contribution in [3.05, 3.63) is 16.3 Å². The van der Waals surface area contributed by atoms with E-state index < -0.39 is 9.84 Å². The van der Waals surface area contributed by atoms with Gasteiger partial charge >= 0.3 is 0 Å². The van der Waals surface area contributed by atoms with Crippen LogP contribution < -0.4 is 10.1 Å². The first kappa shape index (κ1) is 15.5. The summed E-state index contributed by atoms with van der Waals surface area (Å²) in [7, 11) is -1.29. The van der Waals surface area contributed by atoms with Crippen LogP contribution in [0, 0.1) is 0 Å². The number of rotatable bonds is 8. The molecule has 18 heavy (non-hydrogen) atoms. The Bertz CT molecular complexity index is 454. The lowest BCUT2D eigenvalue weighted by atomic mass is 10.1. The third kappa shape index (κ3) is 4.96. The van der Waals surface area contributed by atoms with Gasteiger partial charge in [-0.1, -0.05) is 6.92 Å². The minimum atomic E-state index is -2.93. The number of hydrogen-bond acceptors (Lipinski definition) is 5. The molecule has 0 aliphatic rings. The number of ether oxygens (including phenoxy) is 1.